The second-order valence-corrected chi connectivity index (χ2v) is 3.43. The van der Waals surface area contributed by atoms with E-state index >= 15 is 0 Å². The Labute approximate surface area is 95.5 Å². The summed E-state index contributed by atoms with van der Waals surface area (Å²) in [5.74, 6) is -1.34. The van der Waals surface area contributed by atoms with Crippen molar-refractivity contribution in [1.82, 2.24) is 4.98 Å². The molecule has 1 heterocycles. The minimum Gasteiger partial charge on any atom is -0.436 e. The summed E-state index contributed by atoms with van der Waals surface area (Å²) in [6.07, 6.45) is 1.37. The molecule has 2 rings (SSSR count). The molecule has 0 aliphatic carbocycles. The Hall–Kier alpha value is -1.68. The summed E-state index contributed by atoms with van der Waals surface area (Å²) in [5.41, 5.74) is 0. The van der Waals surface area contributed by atoms with E-state index < -0.39 is 11.6 Å². The zero-order valence-corrected chi connectivity index (χ0v) is 8.71. The molecule has 1 aromatic carbocycles. The maximum absolute atomic E-state index is 13.2. The van der Waals surface area contributed by atoms with Crippen LogP contribution in [0.2, 0.25) is 5.02 Å². The fourth-order valence-electron chi connectivity index (χ4n) is 1.09. The first-order valence-corrected chi connectivity index (χ1v) is 4.77. The molecule has 0 aliphatic rings. The van der Waals surface area contributed by atoms with E-state index in [9.17, 15) is 8.78 Å². The SMILES string of the molecule is Fc1ccc(Oc2ccc(Cl)cn2)c(F)c1. The molecular weight excluding hydrogens is 236 g/mol. The third kappa shape index (κ3) is 2.46. The number of aromatic nitrogens is 1. The van der Waals surface area contributed by atoms with Crippen molar-refractivity contribution in [3.63, 3.8) is 0 Å². The molecule has 0 atom stereocenters. The lowest BCUT2D eigenvalue weighted by molar-refractivity contribution is 0.424. The van der Waals surface area contributed by atoms with E-state index in [4.69, 9.17) is 16.3 Å². The van der Waals surface area contributed by atoms with Crippen molar-refractivity contribution in [3.8, 4) is 11.6 Å². The van der Waals surface area contributed by atoms with Crippen molar-refractivity contribution in [3.05, 3.63) is 53.2 Å². The van der Waals surface area contributed by atoms with Gasteiger partial charge in [0.05, 0.1) is 5.02 Å². The van der Waals surface area contributed by atoms with Gasteiger partial charge in [-0.15, -0.1) is 0 Å². The molecule has 0 unspecified atom stereocenters. The molecule has 0 spiro atoms. The highest BCUT2D eigenvalue weighted by molar-refractivity contribution is 6.30. The van der Waals surface area contributed by atoms with Gasteiger partial charge in [0.15, 0.2) is 11.6 Å². The number of nitrogens with zero attached hydrogens (tertiary/aromatic N) is 1. The largest absolute Gasteiger partial charge is 0.436 e. The van der Waals surface area contributed by atoms with E-state index in [1.165, 1.54) is 18.3 Å². The second kappa shape index (κ2) is 4.45. The van der Waals surface area contributed by atoms with Crippen molar-refractivity contribution in [1.29, 1.82) is 0 Å². The highest BCUT2D eigenvalue weighted by Gasteiger charge is 2.06. The van der Waals surface area contributed by atoms with E-state index in [0.717, 1.165) is 12.1 Å². The lowest BCUT2D eigenvalue weighted by atomic mass is 10.3. The third-order valence-corrected chi connectivity index (χ3v) is 2.03. The van der Waals surface area contributed by atoms with Crippen LogP contribution in [0.25, 0.3) is 0 Å². The summed E-state index contributed by atoms with van der Waals surface area (Å²) >= 11 is 5.62. The average molecular weight is 242 g/mol. The molecule has 0 bridgehead atoms. The van der Waals surface area contributed by atoms with Crippen molar-refractivity contribution < 1.29 is 13.5 Å². The van der Waals surface area contributed by atoms with Gasteiger partial charge in [-0.25, -0.2) is 13.8 Å². The number of ether oxygens (including phenoxy) is 1. The van der Waals surface area contributed by atoms with Crippen molar-refractivity contribution in [2.24, 2.45) is 0 Å². The summed E-state index contributed by atoms with van der Waals surface area (Å²) in [5, 5.41) is 0.451. The zero-order chi connectivity index (χ0) is 11.5. The van der Waals surface area contributed by atoms with Crippen LogP contribution < -0.4 is 4.74 Å². The minimum atomic E-state index is -0.781. The van der Waals surface area contributed by atoms with Crippen LogP contribution in [0, 0.1) is 11.6 Å². The van der Waals surface area contributed by atoms with Gasteiger partial charge < -0.3 is 4.74 Å². The lowest BCUT2D eigenvalue weighted by Gasteiger charge is -2.05. The van der Waals surface area contributed by atoms with E-state index in [2.05, 4.69) is 4.98 Å². The number of benzene rings is 1. The summed E-state index contributed by atoms with van der Waals surface area (Å²) in [7, 11) is 0. The maximum Gasteiger partial charge on any atom is 0.219 e. The highest BCUT2D eigenvalue weighted by Crippen LogP contribution is 2.23. The van der Waals surface area contributed by atoms with Gasteiger partial charge in [0, 0.05) is 18.3 Å². The monoisotopic (exact) mass is 241 g/mol. The predicted octanol–water partition coefficient (Wildman–Crippen LogP) is 3.81. The van der Waals surface area contributed by atoms with E-state index in [1.54, 1.807) is 6.07 Å². The number of hydrogen-bond acceptors (Lipinski definition) is 2. The third-order valence-electron chi connectivity index (χ3n) is 1.81. The lowest BCUT2D eigenvalue weighted by Crippen LogP contribution is -1.91. The summed E-state index contributed by atoms with van der Waals surface area (Å²) in [6, 6.07) is 6.09. The summed E-state index contributed by atoms with van der Waals surface area (Å²) < 4.78 is 30.9. The highest BCUT2D eigenvalue weighted by atomic mass is 35.5. The van der Waals surface area contributed by atoms with Crippen molar-refractivity contribution >= 4 is 11.6 Å². The normalized spacial score (nSPS) is 10.2. The average Bonchev–Trinajstić information content (AvgIpc) is 2.25. The fourth-order valence-corrected chi connectivity index (χ4v) is 1.21. The van der Waals surface area contributed by atoms with Gasteiger partial charge in [-0.3, -0.25) is 0 Å². The molecule has 16 heavy (non-hydrogen) atoms. The summed E-state index contributed by atoms with van der Waals surface area (Å²) in [4.78, 5) is 3.82. The van der Waals surface area contributed by atoms with Gasteiger partial charge in [0.2, 0.25) is 5.88 Å². The molecule has 82 valence electrons. The first-order valence-electron chi connectivity index (χ1n) is 4.39. The molecule has 0 radical (unpaired) electrons. The topological polar surface area (TPSA) is 22.1 Å². The number of rotatable bonds is 2. The number of halogens is 3. The molecule has 5 heteroatoms. The van der Waals surface area contributed by atoms with Crippen LogP contribution in [-0.4, -0.2) is 4.98 Å². The quantitative estimate of drug-likeness (QED) is 0.798. The summed E-state index contributed by atoms with van der Waals surface area (Å²) in [6.45, 7) is 0. The van der Waals surface area contributed by atoms with Gasteiger partial charge in [-0.2, -0.15) is 0 Å². The molecular formula is C11H6ClF2NO. The van der Waals surface area contributed by atoms with Gasteiger partial charge in [-0.1, -0.05) is 11.6 Å². The van der Waals surface area contributed by atoms with Crippen LogP contribution >= 0.6 is 11.6 Å². The number of pyridine rings is 1. The fraction of sp³-hybridized carbons (Fsp3) is 0. The Bertz CT molecular complexity index is 502. The molecule has 0 amide bonds. The standard InChI is InChI=1S/C11H6ClF2NO/c12-7-1-4-11(15-6-7)16-10-3-2-8(13)5-9(10)14/h1-6H. The molecule has 0 saturated carbocycles. The maximum atomic E-state index is 13.2. The molecule has 0 aliphatic heterocycles. The first-order chi connectivity index (χ1) is 7.65. The Morgan fingerprint density at radius 2 is 1.94 bits per heavy atom. The number of hydrogen-bond donors (Lipinski definition) is 0. The van der Waals surface area contributed by atoms with Crippen LogP contribution in [0.3, 0.4) is 0 Å². The Morgan fingerprint density at radius 1 is 1.12 bits per heavy atom. The van der Waals surface area contributed by atoms with Crippen molar-refractivity contribution in [2.75, 3.05) is 0 Å². The predicted molar refractivity (Wildman–Crippen MR) is 55.7 cm³/mol. The van der Waals surface area contributed by atoms with Crippen LogP contribution in [0.5, 0.6) is 11.6 Å². The van der Waals surface area contributed by atoms with Crippen LogP contribution in [0.4, 0.5) is 8.78 Å². The molecule has 2 nitrogen and oxygen atoms in total. The van der Waals surface area contributed by atoms with Crippen LogP contribution in [0.15, 0.2) is 36.5 Å². The van der Waals surface area contributed by atoms with Gasteiger partial charge >= 0.3 is 0 Å². The second-order valence-electron chi connectivity index (χ2n) is 2.99. The molecule has 2 aromatic rings. The van der Waals surface area contributed by atoms with Crippen molar-refractivity contribution in [2.45, 2.75) is 0 Å². The van der Waals surface area contributed by atoms with Crippen LogP contribution in [0.1, 0.15) is 0 Å². The van der Waals surface area contributed by atoms with E-state index in [1.807, 2.05) is 0 Å². The Kier molecular flexibility index (Phi) is 3.01. The Morgan fingerprint density at radius 3 is 2.56 bits per heavy atom. The smallest absolute Gasteiger partial charge is 0.219 e. The first kappa shape index (κ1) is 10.8. The van der Waals surface area contributed by atoms with Crippen LogP contribution in [-0.2, 0) is 0 Å². The molecule has 0 saturated heterocycles. The van der Waals surface area contributed by atoms with Gasteiger partial charge in [0.25, 0.3) is 0 Å². The Balaban J connectivity index is 2.23. The van der Waals surface area contributed by atoms with E-state index in [-0.39, 0.29) is 11.6 Å². The van der Waals surface area contributed by atoms with Gasteiger partial charge in [0.1, 0.15) is 5.82 Å². The molecule has 0 fully saturated rings. The zero-order valence-electron chi connectivity index (χ0n) is 7.95. The van der Waals surface area contributed by atoms with E-state index in [0.29, 0.717) is 5.02 Å². The minimum absolute atomic E-state index is 0.0868. The molecule has 1 aromatic heterocycles. The molecule has 0 N–H and O–H groups in total. The van der Waals surface area contributed by atoms with Gasteiger partial charge in [-0.05, 0) is 18.2 Å².